The molecule has 2 aromatic rings. The molecule has 1 fully saturated rings. The third kappa shape index (κ3) is 3.38. The van der Waals surface area contributed by atoms with Crippen molar-refractivity contribution < 1.29 is 18.4 Å². The average molecular weight is 394 g/mol. The quantitative estimate of drug-likeness (QED) is 0.738. The summed E-state index contributed by atoms with van der Waals surface area (Å²) in [6.45, 7) is 0.442. The molecule has 0 saturated carbocycles. The smallest absolute Gasteiger partial charge is 0.237 e. The monoisotopic (exact) mass is 393 g/mol. The lowest BCUT2D eigenvalue weighted by Crippen LogP contribution is -2.31. The summed E-state index contributed by atoms with van der Waals surface area (Å²) in [5.74, 6) is -2.86. The fourth-order valence-electron chi connectivity index (χ4n) is 2.85. The van der Waals surface area contributed by atoms with E-state index in [1.807, 2.05) is 18.2 Å². The van der Waals surface area contributed by atoms with Gasteiger partial charge in [0.15, 0.2) is 0 Å². The number of hydrogen-bond acceptors (Lipinski definition) is 2. The molecular formula is C18H14BrF2NO2. The lowest BCUT2D eigenvalue weighted by molar-refractivity contribution is -0.130. The Labute approximate surface area is 146 Å². The number of carbonyl (C=O) groups excluding carboxylic acids is 2. The van der Waals surface area contributed by atoms with Gasteiger partial charge in [0, 0.05) is 29.2 Å². The molecule has 124 valence electrons. The molecule has 0 radical (unpaired) electrons. The molecule has 1 aliphatic heterocycles. The predicted molar refractivity (Wildman–Crippen MR) is 89.7 cm³/mol. The standard InChI is InChI=1S/C18H14BrF2NO2/c19-12-2-1-3-14(9-12)22-7-6-15(18(22)24)17(23)8-11-4-5-13(20)10-16(11)21/h1-5,9-10,15H,6-8H2/t15-/m1/s1. The van der Waals surface area contributed by atoms with E-state index in [2.05, 4.69) is 15.9 Å². The largest absolute Gasteiger partial charge is 0.312 e. The van der Waals surface area contributed by atoms with E-state index in [1.54, 1.807) is 11.0 Å². The van der Waals surface area contributed by atoms with Crippen LogP contribution in [-0.4, -0.2) is 18.2 Å². The van der Waals surface area contributed by atoms with Crippen molar-refractivity contribution in [2.24, 2.45) is 5.92 Å². The van der Waals surface area contributed by atoms with E-state index in [0.29, 0.717) is 13.0 Å². The van der Waals surface area contributed by atoms with Crippen molar-refractivity contribution in [2.75, 3.05) is 11.4 Å². The van der Waals surface area contributed by atoms with Crippen LogP contribution in [0.25, 0.3) is 0 Å². The third-order valence-corrected chi connectivity index (χ3v) is 4.59. The van der Waals surface area contributed by atoms with Crippen LogP contribution in [0.2, 0.25) is 0 Å². The molecule has 3 rings (SSSR count). The van der Waals surface area contributed by atoms with Crippen LogP contribution in [0.15, 0.2) is 46.9 Å². The first-order chi connectivity index (χ1) is 11.5. The lowest BCUT2D eigenvalue weighted by Gasteiger charge is -2.17. The Hall–Kier alpha value is -2.08. The number of anilines is 1. The van der Waals surface area contributed by atoms with Gasteiger partial charge in [-0.1, -0.05) is 28.1 Å². The zero-order valence-corrected chi connectivity index (χ0v) is 14.2. The van der Waals surface area contributed by atoms with Gasteiger partial charge < -0.3 is 4.90 Å². The molecule has 1 atom stereocenters. The number of rotatable bonds is 4. The van der Waals surface area contributed by atoms with E-state index in [4.69, 9.17) is 0 Å². The van der Waals surface area contributed by atoms with Gasteiger partial charge in [-0.05, 0) is 36.2 Å². The fourth-order valence-corrected chi connectivity index (χ4v) is 3.24. The van der Waals surface area contributed by atoms with Crippen LogP contribution in [0.5, 0.6) is 0 Å². The molecule has 0 aromatic heterocycles. The minimum Gasteiger partial charge on any atom is -0.312 e. The number of halogens is 3. The van der Waals surface area contributed by atoms with E-state index in [0.717, 1.165) is 22.3 Å². The number of Topliss-reactive ketones (excluding diaryl/α,β-unsaturated/α-hetero) is 1. The number of hydrogen-bond donors (Lipinski definition) is 0. The molecule has 0 aliphatic carbocycles. The van der Waals surface area contributed by atoms with Crippen molar-refractivity contribution in [2.45, 2.75) is 12.8 Å². The number of benzene rings is 2. The summed E-state index contributed by atoms with van der Waals surface area (Å²) in [5.41, 5.74) is 0.827. The summed E-state index contributed by atoms with van der Waals surface area (Å²) in [4.78, 5) is 26.5. The van der Waals surface area contributed by atoms with Crippen molar-refractivity contribution in [3.8, 4) is 0 Å². The Balaban J connectivity index is 1.74. The van der Waals surface area contributed by atoms with E-state index >= 15 is 0 Å². The predicted octanol–water partition coefficient (Wildman–Crippen LogP) is 3.89. The highest BCUT2D eigenvalue weighted by molar-refractivity contribution is 9.10. The molecule has 1 heterocycles. The Morgan fingerprint density at radius 2 is 2.00 bits per heavy atom. The molecule has 1 saturated heterocycles. The molecule has 6 heteroatoms. The molecule has 2 aromatic carbocycles. The first-order valence-corrected chi connectivity index (χ1v) is 8.28. The zero-order valence-electron chi connectivity index (χ0n) is 12.6. The van der Waals surface area contributed by atoms with Gasteiger partial charge in [-0.2, -0.15) is 0 Å². The van der Waals surface area contributed by atoms with Gasteiger partial charge in [0.1, 0.15) is 17.4 Å². The second kappa shape index (κ2) is 6.81. The van der Waals surface area contributed by atoms with Gasteiger partial charge in [-0.15, -0.1) is 0 Å². The molecule has 0 N–H and O–H groups in total. The molecule has 1 amide bonds. The van der Waals surface area contributed by atoms with Gasteiger partial charge in [-0.3, -0.25) is 9.59 Å². The van der Waals surface area contributed by atoms with E-state index in [1.165, 1.54) is 6.07 Å². The average Bonchev–Trinajstić information content (AvgIpc) is 2.92. The Bertz CT molecular complexity index is 809. The second-order valence-corrected chi connectivity index (χ2v) is 6.61. The highest BCUT2D eigenvalue weighted by Gasteiger charge is 2.37. The Morgan fingerprint density at radius 1 is 1.21 bits per heavy atom. The van der Waals surface area contributed by atoms with E-state index < -0.39 is 17.6 Å². The Morgan fingerprint density at radius 3 is 2.71 bits per heavy atom. The second-order valence-electron chi connectivity index (χ2n) is 5.69. The summed E-state index contributed by atoms with van der Waals surface area (Å²) in [5, 5.41) is 0. The van der Waals surface area contributed by atoms with Crippen molar-refractivity contribution in [1.82, 2.24) is 0 Å². The van der Waals surface area contributed by atoms with Crippen molar-refractivity contribution in [3.63, 3.8) is 0 Å². The van der Waals surface area contributed by atoms with Crippen LogP contribution in [0.3, 0.4) is 0 Å². The maximum Gasteiger partial charge on any atom is 0.237 e. The van der Waals surface area contributed by atoms with Crippen molar-refractivity contribution in [3.05, 3.63) is 64.1 Å². The maximum absolute atomic E-state index is 13.7. The number of nitrogens with zero attached hydrogens (tertiary/aromatic N) is 1. The lowest BCUT2D eigenvalue weighted by atomic mass is 9.96. The highest BCUT2D eigenvalue weighted by atomic mass is 79.9. The molecular weight excluding hydrogens is 380 g/mol. The van der Waals surface area contributed by atoms with Crippen LogP contribution in [0, 0.1) is 17.6 Å². The summed E-state index contributed by atoms with van der Waals surface area (Å²) in [7, 11) is 0. The van der Waals surface area contributed by atoms with Crippen molar-refractivity contribution >= 4 is 33.3 Å². The van der Waals surface area contributed by atoms with E-state index in [9.17, 15) is 18.4 Å². The summed E-state index contributed by atoms with van der Waals surface area (Å²) < 4.78 is 27.5. The zero-order chi connectivity index (χ0) is 17.3. The van der Waals surface area contributed by atoms with Gasteiger partial charge >= 0.3 is 0 Å². The van der Waals surface area contributed by atoms with Gasteiger partial charge in [0.2, 0.25) is 5.91 Å². The highest BCUT2D eigenvalue weighted by Crippen LogP contribution is 2.28. The number of carbonyl (C=O) groups is 2. The van der Waals surface area contributed by atoms with Crippen LogP contribution in [0.1, 0.15) is 12.0 Å². The number of amides is 1. The van der Waals surface area contributed by atoms with Crippen LogP contribution < -0.4 is 4.90 Å². The first kappa shape index (κ1) is 16.8. The third-order valence-electron chi connectivity index (χ3n) is 4.09. The number of ketones is 1. The Kier molecular flexibility index (Phi) is 4.76. The van der Waals surface area contributed by atoms with Crippen molar-refractivity contribution in [1.29, 1.82) is 0 Å². The summed E-state index contributed by atoms with van der Waals surface area (Å²) in [6.07, 6.45) is 0.182. The molecule has 3 nitrogen and oxygen atoms in total. The first-order valence-electron chi connectivity index (χ1n) is 7.49. The molecule has 0 bridgehead atoms. The van der Waals surface area contributed by atoms with Crippen LogP contribution >= 0.6 is 15.9 Å². The minimum atomic E-state index is -0.784. The summed E-state index contributed by atoms with van der Waals surface area (Å²) in [6, 6.07) is 10.4. The molecule has 24 heavy (non-hydrogen) atoms. The fraction of sp³-hybridized carbons (Fsp3) is 0.222. The van der Waals surface area contributed by atoms with Crippen LogP contribution in [0.4, 0.5) is 14.5 Å². The van der Waals surface area contributed by atoms with Gasteiger partial charge in [-0.25, -0.2) is 8.78 Å². The normalized spacial score (nSPS) is 17.4. The molecule has 0 unspecified atom stereocenters. The van der Waals surface area contributed by atoms with Crippen LogP contribution in [-0.2, 0) is 16.0 Å². The summed E-state index contributed by atoms with van der Waals surface area (Å²) >= 11 is 3.35. The molecule has 1 aliphatic rings. The topological polar surface area (TPSA) is 37.4 Å². The maximum atomic E-state index is 13.7. The van der Waals surface area contributed by atoms with Gasteiger partial charge in [0.05, 0.1) is 5.92 Å². The molecule has 0 spiro atoms. The van der Waals surface area contributed by atoms with Gasteiger partial charge in [0.25, 0.3) is 0 Å². The van der Waals surface area contributed by atoms with E-state index in [-0.39, 0.29) is 23.7 Å². The SMILES string of the molecule is O=C(Cc1ccc(F)cc1F)[C@H]1CCN(c2cccc(Br)c2)C1=O. The minimum absolute atomic E-state index is 0.107.